The van der Waals surface area contributed by atoms with E-state index in [0.717, 1.165) is 10.6 Å². The zero-order valence-corrected chi connectivity index (χ0v) is 16.7. The largest absolute Gasteiger partial charge is 0.481 e. The number of aromatic amines is 1. The van der Waals surface area contributed by atoms with E-state index in [9.17, 15) is 18.3 Å². The second-order valence-corrected chi connectivity index (χ2v) is 10.4. The Bertz CT molecular complexity index is 996. The Labute approximate surface area is 161 Å². The van der Waals surface area contributed by atoms with Gasteiger partial charge in [-0.1, -0.05) is 0 Å². The third kappa shape index (κ3) is 2.91. The molecule has 2 fully saturated rings. The summed E-state index contributed by atoms with van der Waals surface area (Å²) < 4.78 is 33.3. The number of aryl methyl sites for hydroxylation is 2. The third-order valence-corrected chi connectivity index (χ3v) is 8.65. The van der Waals surface area contributed by atoms with E-state index < -0.39 is 21.4 Å². The van der Waals surface area contributed by atoms with Crippen LogP contribution in [0.25, 0.3) is 10.6 Å². The Balaban J connectivity index is 1.68. The molecule has 2 N–H and O–H groups in total. The molecule has 146 valence electrons. The maximum atomic E-state index is 13.3. The molecule has 0 radical (unpaired) electrons. The van der Waals surface area contributed by atoms with E-state index in [1.807, 2.05) is 13.0 Å². The molecule has 0 amide bonds. The topological polar surface area (TPSA) is 113 Å². The lowest BCUT2D eigenvalue weighted by Gasteiger charge is -2.34. The van der Waals surface area contributed by atoms with Crippen molar-refractivity contribution in [2.75, 3.05) is 26.3 Å². The first-order chi connectivity index (χ1) is 12.7. The lowest BCUT2D eigenvalue weighted by Crippen LogP contribution is -2.46. The van der Waals surface area contributed by atoms with E-state index in [2.05, 4.69) is 10.2 Å². The molecule has 2 aliphatic heterocycles. The molecule has 0 aromatic carbocycles. The summed E-state index contributed by atoms with van der Waals surface area (Å²) >= 11 is 1.37. The number of thiophene rings is 1. The van der Waals surface area contributed by atoms with E-state index in [4.69, 9.17) is 4.74 Å². The van der Waals surface area contributed by atoms with Crippen molar-refractivity contribution >= 4 is 27.3 Å². The lowest BCUT2D eigenvalue weighted by atomic mass is 9.76. The molecular weight excluding hydrogens is 390 g/mol. The third-order valence-electron chi connectivity index (χ3n) is 5.51. The lowest BCUT2D eigenvalue weighted by molar-refractivity contribution is -0.159. The number of carbonyl (C=O) groups is 1. The highest BCUT2D eigenvalue weighted by atomic mass is 32.2. The van der Waals surface area contributed by atoms with Gasteiger partial charge in [-0.2, -0.15) is 9.40 Å². The van der Waals surface area contributed by atoms with E-state index in [1.54, 1.807) is 13.0 Å². The number of aliphatic carboxylic acids is 1. The first-order valence-corrected chi connectivity index (χ1v) is 10.9. The predicted octanol–water partition coefficient (Wildman–Crippen LogP) is 1.87. The average molecular weight is 412 g/mol. The molecule has 4 heterocycles. The number of carboxylic acid groups (broad SMARTS) is 1. The Kier molecular flexibility index (Phi) is 4.41. The van der Waals surface area contributed by atoms with Gasteiger partial charge in [0.2, 0.25) is 10.0 Å². The summed E-state index contributed by atoms with van der Waals surface area (Å²) in [6.07, 6.45) is 0.554. The molecule has 0 unspecified atom stereocenters. The molecule has 2 aromatic heterocycles. The highest BCUT2D eigenvalue weighted by Crippen LogP contribution is 2.44. The van der Waals surface area contributed by atoms with Crippen LogP contribution in [0.4, 0.5) is 0 Å². The van der Waals surface area contributed by atoms with Crippen molar-refractivity contribution in [2.24, 2.45) is 11.3 Å². The summed E-state index contributed by atoms with van der Waals surface area (Å²) in [7, 11) is -3.79. The number of carboxylic acids is 1. The molecule has 8 nitrogen and oxygen atoms in total. The first kappa shape index (κ1) is 18.6. The molecule has 4 rings (SSSR count). The van der Waals surface area contributed by atoms with Crippen LogP contribution in [0.5, 0.6) is 0 Å². The number of hydrogen-bond acceptors (Lipinski definition) is 6. The van der Waals surface area contributed by atoms with Crippen molar-refractivity contribution in [1.29, 1.82) is 0 Å². The van der Waals surface area contributed by atoms with Gasteiger partial charge in [0, 0.05) is 30.3 Å². The Morgan fingerprint density at radius 2 is 2.22 bits per heavy atom. The molecular formula is C17H21N3O5S2. The standard InChI is InChI=1S/C17H21N3O5S2/c1-10-5-13(19-18-10)14-6-15(11(2)26-14)27(23,24)20-7-12-3-4-25-9-17(12,8-20)16(21)22/h5-6,12H,3-4,7-9H2,1-2H3,(H,18,19)(H,21,22)/t12-,17+/m0/s1. The van der Waals surface area contributed by atoms with Gasteiger partial charge < -0.3 is 9.84 Å². The average Bonchev–Trinajstić information content (AvgIpc) is 3.31. The number of H-pyrrole nitrogens is 1. The van der Waals surface area contributed by atoms with Gasteiger partial charge in [0.15, 0.2) is 0 Å². The van der Waals surface area contributed by atoms with Crippen LogP contribution < -0.4 is 0 Å². The number of ether oxygens (including phenoxy) is 1. The quantitative estimate of drug-likeness (QED) is 0.794. The Morgan fingerprint density at radius 3 is 2.85 bits per heavy atom. The number of aromatic nitrogens is 2. The molecule has 0 saturated carbocycles. The molecule has 0 spiro atoms. The van der Waals surface area contributed by atoms with Crippen molar-refractivity contribution in [1.82, 2.24) is 14.5 Å². The van der Waals surface area contributed by atoms with Gasteiger partial charge in [0.1, 0.15) is 11.1 Å². The van der Waals surface area contributed by atoms with Crippen molar-refractivity contribution in [3.8, 4) is 10.6 Å². The summed E-state index contributed by atoms with van der Waals surface area (Å²) in [6.45, 7) is 4.33. The number of nitrogens with one attached hydrogen (secondary N) is 1. The van der Waals surface area contributed by atoms with E-state index in [1.165, 1.54) is 15.6 Å². The summed E-state index contributed by atoms with van der Waals surface area (Å²) in [6, 6.07) is 3.50. The number of sulfonamides is 1. The van der Waals surface area contributed by atoms with Crippen LogP contribution in [0, 0.1) is 25.2 Å². The zero-order chi connectivity index (χ0) is 19.4. The number of fused-ring (bicyclic) bond motifs is 1. The van der Waals surface area contributed by atoms with Crippen molar-refractivity contribution in [3.05, 3.63) is 22.7 Å². The number of nitrogens with zero attached hydrogens (tertiary/aromatic N) is 2. The Morgan fingerprint density at radius 1 is 1.44 bits per heavy atom. The van der Waals surface area contributed by atoms with Crippen molar-refractivity contribution < 1.29 is 23.1 Å². The fourth-order valence-electron chi connectivity index (χ4n) is 3.96. The van der Waals surface area contributed by atoms with Crippen LogP contribution in [-0.4, -0.2) is 60.3 Å². The molecule has 2 saturated heterocycles. The molecule has 0 bridgehead atoms. The van der Waals surface area contributed by atoms with Crippen LogP contribution in [0.1, 0.15) is 17.0 Å². The van der Waals surface area contributed by atoms with Gasteiger partial charge in [0.05, 0.1) is 16.4 Å². The van der Waals surface area contributed by atoms with E-state index in [0.29, 0.717) is 23.6 Å². The van der Waals surface area contributed by atoms with Crippen LogP contribution in [0.3, 0.4) is 0 Å². The molecule has 2 aromatic rings. The van der Waals surface area contributed by atoms with Crippen LogP contribution in [-0.2, 0) is 19.6 Å². The fourth-order valence-corrected chi connectivity index (χ4v) is 7.03. The normalized spacial score (nSPS) is 26.2. The maximum absolute atomic E-state index is 13.3. The first-order valence-electron chi connectivity index (χ1n) is 8.68. The Hall–Kier alpha value is -1.75. The molecule has 10 heteroatoms. The SMILES string of the molecule is Cc1cc(-c2cc(S(=O)(=O)N3C[C@@H]4CCOC[C@]4(C(=O)O)C3)c(C)s2)n[nH]1. The van der Waals surface area contributed by atoms with E-state index in [-0.39, 0.29) is 30.5 Å². The number of hydrogen-bond donors (Lipinski definition) is 2. The van der Waals surface area contributed by atoms with Crippen LogP contribution in [0.15, 0.2) is 17.0 Å². The molecule has 0 aliphatic carbocycles. The molecule has 2 atom stereocenters. The minimum atomic E-state index is -3.79. The van der Waals surface area contributed by atoms with Gasteiger partial charge in [-0.25, -0.2) is 8.42 Å². The maximum Gasteiger partial charge on any atom is 0.313 e. The highest BCUT2D eigenvalue weighted by Gasteiger charge is 2.56. The fraction of sp³-hybridized carbons (Fsp3) is 0.529. The minimum Gasteiger partial charge on any atom is -0.481 e. The molecule has 2 aliphatic rings. The summed E-state index contributed by atoms with van der Waals surface area (Å²) in [4.78, 5) is 13.6. The summed E-state index contributed by atoms with van der Waals surface area (Å²) in [5.74, 6) is -1.22. The second kappa shape index (κ2) is 6.40. The van der Waals surface area contributed by atoms with Crippen LogP contribution >= 0.6 is 11.3 Å². The van der Waals surface area contributed by atoms with Gasteiger partial charge >= 0.3 is 5.97 Å². The van der Waals surface area contributed by atoms with E-state index >= 15 is 0 Å². The highest BCUT2D eigenvalue weighted by molar-refractivity contribution is 7.89. The van der Waals surface area contributed by atoms with Gasteiger partial charge in [-0.3, -0.25) is 9.89 Å². The number of rotatable bonds is 4. The predicted molar refractivity (Wildman–Crippen MR) is 99.1 cm³/mol. The van der Waals surface area contributed by atoms with Crippen molar-refractivity contribution in [2.45, 2.75) is 25.2 Å². The van der Waals surface area contributed by atoms with Crippen LogP contribution in [0.2, 0.25) is 0 Å². The zero-order valence-electron chi connectivity index (χ0n) is 15.1. The monoisotopic (exact) mass is 411 g/mol. The minimum absolute atomic E-state index is 0.0541. The van der Waals surface area contributed by atoms with Gasteiger partial charge in [0.25, 0.3) is 0 Å². The van der Waals surface area contributed by atoms with Crippen molar-refractivity contribution in [3.63, 3.8) is 0 Å². The van der Waals surface area contributed by atoms with Gasteiger partial charge in [-0.15, -0.1) is 11.3 Å². The second-order valence-electron chi connectivity index (χ2n) is 7.26. The molecule has 27 heavy (non-hydrogen) atoms. The smallest absolute Gasteiger partial charge is 0.313 e. The van der Waals surface area contributed by atoms with Gasteiger partial charge in [-0.05, 0) is 38.3 Å². The summed E-state index contributed by atoms with van der Waals surface area (Å²) in [5, 5.41) is 16.8. The summed E-state index contributed by atoms with van der Waals surface area (Å²) in [5.41, 5.74) is 0.442.